The Kier molecular flexibility index (Phi) is 5.79. The van der Waals surface area contributed by atoms with Crippen molar-refractivity contribution in [2.45, 2.75) is 25.8 Å². The van der Waals surface area contributed by atoms with Gasteiger partial charge in [-0.15, -0.1) is 0 Å². The number of hydrogen-bond donors (Lipinski definition) is 2. The van der Waals surface area contributed by atoms with Gasteiger partial charge in [-0.1, -0.05) is 18.2 Å². The third-order valence-electron chi connectivity index (χ3n) is 5.22. The molecule has 4 nitrogen and oxygen atoms in total. The number of likely N-dealkylation sites (tertiary alicyclic amines) is 1. The van der Waals surface area contributed by atoms with Crippen LogP contribution in [0.15, 0.2) is 42.5 Å². The third kappa shape index (κ3) is 4.34. The van der Waals surface area contributed by atoms with Gasteiger partial charge in [0.1, 0.15) is 5.82 Å². The largest absolute Gasteiger partial charge is 0.504 e. The number of aliphatic hydroxyl groups is 1. The molecule has 0 aliphatic carbocycles. The highest BCUT2D eigenvalue weighted by molar-refractivity contribution is 5.41. The molecule has 0 radical (unpaired) electrons. The van der Waals surface area contributed by atoms with E-state index in [4.69, 9.17) is 4.74 Å². The van der Waals surface area contributed by atoms with E-state index in [0.717, 1.165) is 43.5 Å². The fourth-order valence-electron chi connectivity index (χ4n) is 3.90. The van der Waals surface area contributed by atoms with Gasteiger partial charge >= 0.3 is 0 Å². The SMILES string of the molecule is COc1ccc(CN2CCC[C@](CO)(Cc3ccc(F)cc3)C2)cc1O. The lowest BCUT2D eigenvalue weighted by molar-refractivity contribution is 0.0288. The van der Waals surface area contributed by atoms with Crippen molar-refractivity contribution in [1.82, 2.24) is 4.90 Å². The number of benzene rings is 2. The molecular formula is C21H26FNO3. The maximum atomic E-state index is 13.1. The molecule has 0 spiro atoms. The molecule has 0 saturated carbocycles. The van der Waals surface area contributed by atoms with Crippen molar-refractivity contribution >= 4 is 0 Å². The Balaban J connectivity index is 1.70. The molecule has 1 saturated heterocycles. The molecule has 0 bridgehead atoms. The van der Waals surface area contributed by atoms with E-state index in [1.807, 2.05) is 6.07 Å². The summed E-state index contributed by atoms with van der Waals surface area (Å²) in [5.74, 6) is 0.367. The number of hydrogen-bond acceptors (Lipinski definition) is 4. The van der Waals surface area contributed by atoms with Crippen LogP contribution in [0, 0.1) is 11.2 Å². The summed E-state index contributed by atoms with van der Waals surface area (Å²) < 4.78 is 18.2. The van der Waals surface area contributed by atoms with Gasteiger partial charge in [-0.25, -0.2) is 4.39 Å². The van der Waals surface area contributed by atoms with E-state index in [1.165, 1.54) is 19.2 Å². The van der Waals surface area contributed by atoms with Crippen molar-refractivity contribution in [2.75, 3.05) is 26.8 Å². The Bertz CT molecular complexity index is 735. The van der Waals surface area contributed by atoms with Gasteiger partial charge in [0.05, 0.1) is 13.7 Å². The zero-order chi connectivity index (χ0) is 18.6. The lowest BCUT2D eigenvalue weighted by Crippen LogP contribution is -2.46. The molecule has 0 aromatic heterocycles. The van der Waals surface area contributed by atoms with E-state index in [1.54, 1.807) is 24.3 Å². The Morgan fingerprint density at radius 1 is 1.15 bits per heavy atom. The van der Waals surface area contributed by atoms with Gasteiger partial charge < -0.3 is 14.9 Å². The van der Waals surface area contributed by atoms with Gasteiger partial charge in [0.2, 0.25) is 0 Å². The molecule has 1 fully saturated rings. The van der Waals surface area contributed by atoms with Crippen LogP contribution in [0.4, 0.5) is 4.39 Å². The monoisotopic (exact) mass is 359 g/mol. The van der Waals surface area contributed by atoms with E-state index >= 15 is 0 Å². The van der Waals surface area contributed by atoms with Crippen LogP contribution < -0.4 is 4.74 Å². The Morgan fingerprint density at radius 3 is 2.54 bits per heavy atom. The first-order valence-corrected chi connectivity index (χ1v) is 8.97. The van der Waals surface area contributed by atoms with E-state index in [-0.39, 0.29) is 23.6 Å². The molecule has 1 heterocycles. The number of nitrogens with zero attached hydrogens (tertiary/aromatic N) is 1. The summed E-state index contributed by atoms with van der Waals surface area (Å²) >= 11 is 0. The van der Waals surface area contributed by atoms with E-state index in [0.29, 0.717) is 12.3 Å². The van der Waals surface area contributed by atoms with Gasteiger partial charge in [-0.2, -0.15) is 0 Å². The molecule has 2 aromatic carbocycles. The number of piperidine rings is 1. The summed E-state index contributed by atoms with van der Waals surface area (Å²) in [5, 5.41) is 20.1. The highest BCUT2D eigenvalue weighted by Crippen LogP contribution is 2.35. The molecule has 3 rings (SSSR count). The number of rotatable bonds is 6. The predicted octanol–water partition coefficient (Wildman–Crippen LogP) is 3.36. The molecule has 140 valence electrons. The van der Waals surface area contributed by atoms with E-state index in [2.05, 4.69) is 4.90 Å². The Morgan fingerprint density at radius 2 is 1.88 bits per heavy atom. The van der Waals surface area contributed by atoms with Crippen molar-refractivity contribution in [3.05, 3.63) is 59.4 Å². The number of aliphatic hydroxyl groups excluding tert-OH is 1. The zero-order valence-electron chi connectivity index (χ0n) is 15.1. The molecule has 0 unspecified atom stereocenters. The number of aromatic hydroxyl groups is 1. The zero-order valence-corrected chi connectivity index (χ0v) is 15.1. The van der Waals surface area contributed by atoms with Gasteiger partial charge in [0, 0.05) is 18.5 Å². The van der Waals surface area contributed by atoms with E-state index in [9.17, 15) is 14.6 Å². The predicted molar refractivity (Wildman–Crippen MR) is 98.8 cm³/mol. The number of phenolic OH excluding ortho intramolecular Hbond substituents is 1. The van der Waals surface area contributed by atoms with Crippen LogP contribution in [0.3, 0.4) is 0 Å². The van der Waals surface area contributed by atoms with Crippen molar-refractivity contribution in [1.29, 1.82) is 0 Å². The highest BCUT2D eigenvalue weighted by Gasteiger charge is 2.35. The number of halogens is 1. The minimum Gasteiger partial charge on any atom is -0.504 e. The van der Waals surface area contributed by atoms with Crippen LogP contribution in [0.2, 0.25) is 0 Å². The minimum atomic E-state index is -0.239. The van der Waals surface area contributed by atoms with Crippen LogP contribution in [-0.4, -0.2) is 41.9 Å². The molecule has 2 aromatic rings. The summed E-state index contributed by atoms with van der Waals surface area (Å²) in [7, 11) is 1.53. The Hall–Kier alpha value is -2.11. The minimum absolute atomic E-state index is 0.106. The average molecular weight is 359 g/mol. The highest BCUT2D eigenvalue weighted by atomic mass is 19.1. The quantitative estimate of drug-likeness (QED) is 0.830. The summed E-state index contributed by atoms with van der Waals surface area (Å²) in [6, 6.07) is 12.0. The smallest absolute Gasteiger partial charge is 0.160 e. The van der Waals surface area contributed by atoms with Crippen LogP contribution in [0.25, 0.3) is 0 Å². The fourth-order valence-corrected chi connectivity index (χ4v) is 3.90. The molecule has 26 heavy (non-hydrogen) atoms. The first-order chi connectivity index (χ1) is 12.5. The van der Waals surface area contributed by atoms with Gasteiger partial charge in [0.15, 0.2) is 11.5 Å². The maximum Gasteiger partial charge on any atom is 0.160 e. The number of methoxy groups -OCH3 is 1. The summed E-state index contributed by atoms with van der Waals surface area (Å²) in [5.41, 5.74) is 1.84. The average Bonchev–Trinajstić information content (AvgIpc) is 2.64. The van der Waals surface area contributed by atoms with Crippen molar-refractivity contribution < 1.29 is 19.3 Å². The first kappa shape index (κ1) is 18.7. The van der Waals surface area contributed by atoms with Crippen LogP contribution in [0.5, 0.6) is 11.5 Å². The second-order valence-electron chi connectivity index (χ2n) is 7.28. The summed E-state index contributed by atoms with van der Waals surface area (Å²) in [4.78, 5) is 2.31. The standard InChI is InChI=1S/C21H26FNO3/c1-26-20-8-5-17(11-19(20)25)13-23-10-2-9-21(14-23,15-24)12-16-3-6-18(22)7-4-16/h3-8,11,24-25H,2,9-10,12-15H2,1H3/t21-/m0/s1. The van der Waals surface area contributed by atoms with E-state index < -0.39 is 0 Å². The molecular weight excluding hydrogens is 333 g/mol. The second-order valence-corrected chi connectivity index (χ2v) is 7.28. The third-order valence-corrected chi connectivity index (χ3v) is 5.22. The van der Waals surface area contributed by atoms with Gasteiger partial charge in [-0.05, 0) is 61.2 Å². The van der Waals surface area contributed by atoms with Crippen LogP contribution >= 0.6 is 0 Å². The molecule has 1 aliphatic heterocycles. The maximum absolute atomic E-state index is 13.1. The second kappa shape index (κ2) is 8.06. The molecule has 1 aliphatic rings. The molecule has 1 atom stereocenters. The summed E-state index contributed by atoms with van der Waals surface area (Å²) in [6.07, 6.45) is 2.68. The fraction of sp³-hybridized carbons (Fsp3) is 0.429. The van der Waals surface area contributed by atoms with Crippen LogP contribution in [0.1, 0.15) is 24.0 Å². The normalized spacial score (nSPS) is 20.9. The Labute approximate surface area is 153 Å². The molecule has 5 heteroatoms. The molecule has 0 amide bonds. The topological polar surface area (TPSA) is 52.9 Å². The van der Waals surface area contributed by atoms with Gasteiger partial charge in [0.25, 0.3) is 0 Å². The lowest BCUT2D eigenvalue weighted by Gasteiger charge is -2.42. The first-order valence-electron chi connectivity index (χ1n) is 8.97. The number of ether oxygens (including phenoxy) is 1. The van der Waals surface area contributed by atoms with Crippen molar-refractivity contribution in [3.8, 4) is 11.5 Å². The van der Waals surface area contributed by atoms with Crippen molar-refractivity contribution in [2.24, 2.45) is 5.41 Å². The van der Waals surface area contributed by atoms with Crippen LogP contribution in [-0.2, 0) is 13.0 Å². The lowest BCUT2D eigenvalue weighted by atomic mass is 9.75. The number of phenols is 1. The molecule has 2 N–H and O–H groups in total. The van der Waals surface area contributed by atoms with Gasteiger partial charge in [-0.3, -0.25) is 4.90 Å². The van der Waals surface area contributed by atoms with Crippen molar-refractivity contribution in [3.63, 3.8) is 0 Å². The summed E-state index contributed by atoms with van der Waals surface area (Å²) in [6.45, 7) is 2.54.